The van der Waals surface area contributed by atoms with Crippen LogP contribution in [0.2, 0.25) is 0 Å². The Bertz CT molecular complexity index is 580. The van der Waals surface area contributed by atoms with Crippen molar-refractivity contribution in [1.82, 2.24) is 4.98 Å². The summed E-state index contributed by atoms with van der Waals surface area (Å²) in [5, 5.41) is 0. The fourth-order valence-corrected chi connectivity index (χ4v) is 2.47. The number of benzene rings is 1. The molecular formula is C20H26FNO. The summed E-state index contributed by atoms with van der Waals surface area (Å²) in [6, 6.07) is 10.9. The molecule has 23 heavy (non-hydrogen) atoms. The predicted molar refractivity (Wildman–Crippen MR) is 93.0 cm³/mol. The molecule has 1 heterocycles. The minimum absolute atomic E-state index is 0.320. The van der Waals surface area contributed by atoms with Crippen LogP contribution >= 0.6 is 0 Å². The fraction of sp³-hybridized carbons (Fsp3) is 0.450. The lowest BCUT2D eigenvalue weighted by Gasteiger charge is -2.20. The van der Waals surface area contributed by atoms with Crippen molar-refractivity contribution >= 4 is 0 Å². The minimum atomic E-state index is -0.320. The van der Waals surface area contributed by atoms with E-state index in [1.807, 2.05) is 24.3 Å². The second kappa shape index (κ2) is 8.66. The lowest BCUT2D eigenvalue weighted by molar-refractivity contribution is 0.208. The molecule has 0 N–H and O–H groups in total. The van der Waals surface area contributed by atoms with Crippen LogP contribution in [0.25, 0.3) is 11.3 Å². The van der Waals surface area contributed by atoms with E-state index in [0.717, 1.165) is 23.6 Å². The van der Waals surface area contributed by atoms with Gasteiger partial charge in [0.1, 0.15) is 11.6 Å². The van der Waals surface area contributed by atoms with Gasteiger partial charge < -0.3 is 4.74 Å². The van der Waals surface area contributed by atoms with Crippen LogP contribution in [0, 0.1) is 17.7 Å². The Morgan fingerprint density at radius 2 is 1.78 bits per heavy atom. The molecule has 2 unspecified atom stereocenters. The van der Waals surface area contributed by atoms with Crippen molar-refractivity contribution in [3.63, 3.8) is 0 Å². The summed E-state index contributed by atoms with van der Waals surface area (Å²) in [7, 11) is 0. The Hall–Kier alpha value is -1.90. The maximum absolute atomic E-state index is 12.9. The maximum atomic E-state index is 12.9. The number of halogens is 1. The van der Waals surface area contributed by atoms with Gasteiger partial charge in [0, 0.05) is 5.56 Å². The average molecular weight is 315 g/mol. The standard InChI is InChI=1S/C20H26FNO/c1-4-5-6-15(2)16(3)14-23-19-10-7-17(8-11-19)20-12-9-18(21)13-22-20/h7-13,15-16H,4-6,14H2,1-3H3. The van der Waals surface area contributed by atoms with E-state index in [0.29, 0.717) is 11.8 Å². The second-order valence-corrected chi connectivity index (χ2v) is 6.29. The van der Waals surface area contributed by atoms with Crippen LogP contribution in [0.4, 0.5) is 4.39 Å². The normalized spacial score (nSPS) is 13.6. The summed E-state index contributed by atoms with van der Waals surface area (Å²) in [5.74, 6) is 1.77. The average Bonchev–Trinajstić information content (AvgIpc) is 2.58. The van der Waals surface area contributed by atoms with E-state index in [9.17, 15) is 4.39 Å². The van der Waals surface area contributed by atoms with Crippen LogP contribution in [-0.2, 0) is 0 Å². The summed E-state index contributed by atoms with van der Waals surface area (Å²) in [6.07, 6.45) is 5.02. The first-order valence-electron chi connectivity index (χ1n) is 8.45. The van der Waals surface area contributed by atoms with E-state index in [1.165, 1.54) is 31.5 Å². The predicted octanol–water partition coefficient (Wildman–Crippen LogP) is 5.73. The lowest BCUT2D eigenvalue weighted by Crippen LogP contribution is -2.16. The van der Waals surface area contributed by atoms with Crippen LogP contribution in [0.3, 0.4) is 0 Å². The molecule has 0 saturated heterocycles. The highest BCUT2D eigenvalue weighted by atomic mass is 19.1. The van der Waals surface area contributed by atoms with Crippen molar-refractivity contribution in [2.45, 2.75) is 40.0 Å². The van der Waals surface area contributed by atoms with Crippen LogP contribution in [-0.4, -0.2) is 11.6 Å². The first-order chi connectivity index (χ1) is 11.1. The molecule has 1 aromatic heterocycles. The zero-order chi connectivity index (χ0) is 16.7. The summed E-state index contributed by atoms with van der Waals surface area (Å²) >= 11 is 0. The van der Waals surface area contributed by atoms with Crippen molar-refractivity contribution < 1.29 is 9.13 Å². The van der Waals surface area contributed by atoms with Gasteiger partial charge in [-0.1, -0.05) is 40.0 Å². The van der Waals surface area contributed by atoms with Crippen LogP contribution in [0.1, 0.15) is 40.0 Å². The van der Waals surface area contributed by atoms with Gasteiger partial charge in [0.05, 0.1) is 18.5 Å². The second-order valence-electron chi connectivity index (χ2n) is 6.29. The number of nitrogens with zero attached hydrogens (tertiary/aromatic N) is 1. The van der Waals surface area contributed by atoms with Gasteiger partial charge in [0.15, 0.2) is 0 Å². The van der Waals surface area contributed by atoms with Crippen molar-refractivity contribution in [2.75, 3.05) is 6.61 Å². The molecule has 0 bridgehead atoms. The summed E-state index contributed by atoms with van der Waals surface area (Å²) in [6.45, 7) is 7.51. The molecule has 2 atom stereocenters. The summed E-state index contributed by atoms with van der Waals surface area (Å²) < 4.78 is 18.8. The third-order valence-electron chi connectivity index (χ3n) is 4.37. The Kier molecular flexibility index (Phi) is 6.57. The molecular weight excluding hydrogens is 289 g/mol. The van der Waals surface area contributed by atoms with Gasteiger partial charge in [-0.25, -0.2) is 4.39 Å². The largest absolute Gasteiger partial charge is 0.493 e. The van der Waals surface area contributed by atoms with E-state index in [-0.39, 0.29) is 5.82 Å². The van der Waals surface area contributed by atoms with Crippen molar-refractivity contribution in [3.8, 4) is 17.0 Å². The van der Waals surface area contributed by atoms with Gasteiger partial charge in [0.2, 0.25) is 0 Å². The molecule has 0 aliphatic heterocycles. The zero-order valence-electron chi connectivity index (χ0n) is 14.3. The quantitative estimate of drug-likeness (QED) is 0.620. The first-order valence-corrected chi connectivity index (χ1v) is 8.45. The molecule has 0 aliphatic carbocycles. The van der Waals surface area contributed by atoms with E-state index >= 15 is 0 Å². The molecule has 2 rings (SSSR count). The number of unbranched alkanes of at least 4 members (excludes halogenated alkanes) is 1. The lowest BCUT2D eigenvalue weighted by atomic mass is 9.92. The number of hydrogen-bond donors (Lipinski definition) is 0. The highest BCUT2D eigenvalue weighted by molar-refractivity contribution is 5.59. The first kappa shape index (κ1) is 17.5. The molecule has 124 valence electrons. The smallest absolute Gasteiger partial charge is 0.141 e. The third-order valence-corrected chi connectivity index (χ3v) is 4.37. The molecule has 0 aliphatic rings. The fourth-order valence-electron chi connectivity index (χ4n) is 2.47. The number of pyridine rings is 1. The molecule has 2 aromatic rings. The zero-order valence-corrected chi connectivity index (χ0v) is 14.3. The van der Waals surface area contributed by atoms with Gasteiger partial charge >= 0.3 is 0 Å². The van der Waals surface area contributed by atoms with Crippen LogP contribution in [0.5, 0.6) is 5.75 Å². The highest BCUT2D eigenvalue weighted by Crippen LogP contribution is 2.23. The Balaban J connectivity index is 1.89. The Morgan fingerprint density at radius 3 is 2.39 bits per heavy atom. The molecule has 0 saturated carbocycles. The van der Waals surface area contributed by atoms with E-state index in [1.54, 1.807) is 6.07 Å². The topological polar surface area (TPSA) is 22.1 Å². The van der Waals surface area contributed by atoms with Crippen LogP contribution < -0.4 is 4.74 Å². The van der Waals surface area contributed by atoms with Crippen LogP contribution in [0.15, 0.2) is 42.6 Å². The molecule has 0 spiro atoms. The minimum Gasteiger partial charge on any atom is -0.493 e. The number of aromatic nitrogens is 1. The molecule has 3 heteroatoms. The molecule has 1 aromatic carbocycles. The monoisotopic (exact) mass is 315 g/mol. The summed E-state index contributed by atoms with van der Waals surface area (Å²) in [5.41, 5.74) is 1.72. The Morgan fingerprint density at radius 1 is 1.04 bits per heavy atom. The van der Waals surface area contributed by atoms with Gasteiger partial charge in [-0.05, 0) is 48.2 Å². The molecule has 0 fully saturated rings. The van der Waals surface area contributed by atoms with E-state index in [4.69, 9.17) is 4.74 Å². The third kappa shape index (κ3) is 5.34. The maximum Gasteiger partial charge on any atom is 0.141 e. The van der Waals surface area contributed by atoms with Gasteiger partial charge in [-0.15, -0.1) is 0 Å². The number of rotatable bonds is 8. The SMILES string of the molecule is CCCCC(C)C(C)COc1ccc(-c2ccc(F)cn2)cc1. The number of hydrogen-bond acceptors (Lipinski definition) is 2. The van der Waals surface area contributed by atoms with Gasteiger partial charge in [-0.2, -0.15) is 0 Å². The molecule has 2 nitrogen and oxygen atoms in total. The van der Waals surface area contributed by atoms with E-state index in [2.05, 4.69) is 25.8 Å². The van der Waals surface area contributed by atoms with E-state index < -0.39 is 0 Å². The van der Waals surface area contributed by atoms with Crippen molar-refractivity contribution in [2.24, 2.45) is 11.8 Å². The number of ether oxygens (including phenoxy) is 1. The summed E-state index contributed by atoms with van der Waals surface area (Å²) in [4.78, 5) is 4.09. The van der Waals surface area contributed by atoms with Gasteiger partial charge in [-0.3, -0.25) is 4.98 Å². The van der Waals surface area contributed by atoms with Crippen molar-refractivity contribution in [3.05, 3.63) is 48.4 Å². The molecule has 0 amide bonds. The van der Waals surface area contributed by atoms with Gasteiger partial charge in [0.25, 0.3) is 0 Å². The molecule has 0 radical (unpaired) electrons. The van der Waals surface area contributed by atoms with Crippen molar-refractivity contribution in [1.29, 1.82) is 0 Å². The Labute approximate surface area is 138 Å². The highest BCUT2D eigenvalue weighted by Gasteiger charge is 2.12.